The van der Waals surface area contributed by atoms with Gasteiger partial charge in [-0.2, -0.15) is 0 Å². The molecule has 0 fully saturated rings. The van der Waals surface area contributed by atoms with Crippen molar-refractivity contribution in [3.8, 4) is 0 Å². The molecule has 0 aliphatic rings. The molecule has 0 aromatic heterocycles. The van der Waals surface area contributed by atoms with Crippen molar-refractivity contribution in [2.24, 2.45) is 0 Å². The third kappa shape index (κ3) is 9.28. The molecule has 0 saturated carbocycles. The van der Waals surface area contributed by atoms with Crippen LogP contribution in [0.3, 0.4) is 0 Å². The largest absolute Gasteiger partial charge is 0.468 e. The van der Waals surface area contributed by atoms with Crippen LogP contribution < -0.4 is 10.6 Å². The van der Waals surface area contributed by atoms with E-state index in [4.69, 9.17) is 9.47 Å². The van der Waals surface area contributed by atoms with Crippen molar-refractivity contribution in [2.45, 2.75) is 71.6 Å². The van der Waals surface area contributed by atoms with Crippen LogP contribution in [0.15, 0.2) is 0 Å². The summed E-state index contributed by atoms with van der Waals surface area (Å²) in [5.41, 5.74) is -0.518. The van der Waals surface area contributed by atoms with Crippen LogP contribution in [0.1, 0.15) is 53.9 Å². The number of carbonyl (C=O) groups excluding carboxylic acids is 2. The van der Waals surface area contributed by atoms with Crippen LogP contribution >= 0.6 is 0 Å². The zero-order valence-corrected chi connectivity index (χ0v) is 14.1. The Labute approximate surface area is 127 Å². The van der Waals surface area contributed by atoms with Crippen LogP contribution in [0.5, 0.6) is 0 Å². The van der Waals surface area contributed by atoms with Gasteiger partial charge in [-0.1, -0.05) is 20.3 Å². The first-order chi connectivity index (χ1) is 9.73. The van der Waals surface area contributed by atoms with Crippen LogP contribution in [0.4, 0.5) is 4.79 Å². The van der Waals surface area contributed by atoms with E-state index >= 15 is 0 Å². The summed E-state index contributed by atoms with van der Waals surface area (Å²) in [6.45, 7) is 9.84. The average molecular weight is 302 g/mol. The highest BCUT2D eigenvalue weighted by Crippen LogP contribution is 2.07. The summed E-state index contributed by atoms with van der Waals surface area (Å²) in [5, 5.41) is 5.96. The minimum atomic E-state index is -0.518. The molecule has 0 aromatic rings. The summed E-state index contributed by atoms with van der Waals surface area (Å²) < 4.78 is 9.96. The first-order valence-corrected chi connectivity index (χ1v) is 7.54. The van der Waals surface area contributed by atoms with Crippen LogP contribution in [0, 0.1) is 0 Å². The predicted molar refractivity (Wildman–Crippen MR) is 82.2 cm³/mol. The Balaban J connectivity index is 4.42. The molecule has 0 aliphatic heterocycles. The van der Waals surface area contributed by atoms with E-state index in [0.29, 0.717) is 13.0 Å². The molecular formula is C15H30N2O4. The normalized spacial score (nSPS) is 14.2. The van der Waals surface area contributed by atoms with Crippen molar-refractivity contribution in [3.63, 3.8) is 0 Å². The van der Waals surface area contributed by atoms with E-state index in [1.54, 1.807) is 0 Å². The number of hydrogen-bond acceptors (Lipinski definition) is 5. The monoisotopic (exact) mass is 302 g/mol. The van der Waals surface area contributed by atoms with Gasteiger partial charge in [-0.05, 0) is 33.6 Å². The molecule has 0 bridgehead atoms. The highest BCUT2D eigenvalue weighted by molar-refractivity contribution is 5.75. The number of carbonyl (C=O) groups is 2. The zero-order chi connectivity index (χ0) is 16.5. The van der Waals surface area contributed by atoms with E-state index in [2.05, 4.69) is 17.6 Å². The second-order valence-corrected chi connectivity index (χ2v) is 6.02. The predicted octanol–water partition coefficient (Wildman–Crippen LogP) is 2.22. The summed E-state index contributed by atoms with van der Waals surface area (Å²) in [4.78, 5) is 23.3. The lowest BCUT2D eigenvalue weighted by Gasteiger charge is -2.25. The van der Waals surface area contributed by atoms with E-state index < -0.39 is 11.7 Å². The Kier molecular flexibility index (Phi) is 9.01. The van der Waals surface area contributed by atoms with Gasteiger partial charge < -0.3 is 14.8 Å². The molecule has 2 N–H and O–H groups in total. The van der Waals surface area contributed by atoms with Gasteiger partial charge in [0.1, 0.15) is 11.6 Å². The Bertz CT molecular complexity index is 326. The van der Waals surface area contributed by atoms with Crippen molar-refractivity contribution in [1.82, 2.24) is 10.6 Å². The third-order valence-corrected chi connectivity index (χ3v) is 2.86. The Morgan fingerprint density at radius 3 is 2.24 bits per heavy atom. The van der Waals surface area contributed by atoms with Gasteiger partial charge in [0.15, 0.2) is 0 Å². The van der Waals surface area contributed by atoms with E-state index in [1.807, 2.05) is 27.7 Å². The van der Waals surface area contributed by atoms with Gasteiger partial charge in [0.05, 0.1) is 7.11 Å². The maximum Gasteiger partial charge on any atom is 0.407 e. The van der Waals surface area contributed by atoms with Gasteiger partial charge in [-0.25, -0.2) is 4.79 Å². The molecule has 2 atom stereocenters. The van der Waals surface area contributed by atoms with Crippen molar-refractivity contribution in [1.29, 1.82) is 0 Å². The first kappa shape index (κ1) is 19.7. The minimum absolute atomic E-state index is 0.00608. The molecule has 0 heterocycles. The van der Waals surface area contributed by atoms with Crippen molar-refractivity contribution in [3.05, 3.63) is 0 Å². The third-order valence-electron chi connectivity index (χ3n) is 2.86. The second-order valence-electron chi connectivity index (χ2n) is 6.02. The summed E-state index contributed by atoms with van der Waals surface area (Å²) in [6, 6.07) is -0.349. The van der Waals surface area contributed by atoms with Gasteiger partial charge in [0.25, 0.3) is 0 Å². The van der Waals surface area contributed by atoms with Crippen LogP contribution in [0.2, 0.25) is 0 Å². The van der Waals surface area contributed by atoms with E-state index in [-0.39, 0.29) is 18.1 Å². The van der Waals surface area contributed by atoms with Crippen molar-refractivity contribution in [2.75, 3.05) is 13.7 Å². The lowest BCUT2D eigenvalue weighted by Crippen LogP contribution is -2.49. The van der Waals surface area contributed by atoms with Crippen LogP contribution in [-0.4, -0.2) is 43.4 Å². The zero-order valence-electron chi connectivity index (χ0n) is 14.1. The number of alkyl carbamates (subject to hydrolysis) is 1. The molecule has 1 amide bonds. The number of methoxy groups -OCH3 is 1. The molecule has 0 saturated heterocycles. The number of nitrogens with one attached hydrogen (secondary N) is 2. The fraction of sp³-hybridized carbons (Fsp3) is 0.867. The van der Waals surface area contributed by atoms with E-state index in [9.17, 15) is 9.59 Å². The Hall–Kier alpha value is -1.30. The molecule has 6 heteroatoms. The number of esters is 1. The average Bonchev–Trinajstić information content (AvgIpc) is 2.39. The van der Waals surface area contributed by atoms with Gasteiger partial charge in [-0.15, -0.1) is 0 Å². The van der Waals surface area contributed by atoms with Crippen LogP contribution in [-0.2, 0) is 14.3 Å². The van der Waals surface area contributed by atoms with Gasteiger partial charge >= 0.3 is 12.1 Å². The second kappa shape index (κ2) is 9.60. The summed E-state index contributed by atoms with van der Waals surface area (Å²) in [7, 11) is 1.38. The minimum Gasteiger partial charge on any atom is -0.468 e. The maximum absolute atomic E-state index is 11.7. The molecule has 124 valence electrons. The highest BCUT2D eigenvalue weighted by atomic mass is 16.6. The lowest BCUT2D eigenvalue weighted by atomic mass is 10.1. The highest BCUT2D eigenvalue weighted by Gasteiger charge is 2.22. The van der Waals surface area contributed by atoms with Crippen LogP contribution in [0.25, 0.3) is 0 Å². The molecule has 0 aliphatic carbocycles. The first-order valence-electron chi connectivity index (χ1n) is 7.54. The number of rotatable bonds is 8. The molecule has 0 radical (unpaired) electrons. The Morgan fingerprint density at radius 1 is 1.19 bits per heavy atom. The van der Waals surface area contributed by atoms with Gasteiger partial charge in [-0.3, -0.25) is 10.1 Å². The quantitative estimate of drug-likeness (QED) is 0.672. The molecule has 0 aromatic carbocycles. The maximum atomic E-state index is 11.7. The van der Waals surface area contributed by atoms with Gasteiger partial charge in [0.2, 0.25) is 0 Å². The van der Waals surface area contributed by atoms with Crippen molar-refractivity contribution >= 4 is 12.1 Å². The fourth-order valence-electron chi connectivity index (χ4n) is 1.89. The molecule has 6 nitrogen and oxygen atoms in total. The Morgan fingerprint density at radius 2 is 1.81 bits per heavy atom. The SMILES string of the molecule is CCCC(CNC(=O)OC(C)(C)C)NC(CC)C(=O)OC. The summed E-state index contributed by atoms with van der Waals surface area (Å²) in [5.74, 6) is -0.282. The molecule has 21 heavy (non-hydrogen) atoms. The summed E-state index contributed by atoms with van der Waals surface area (Å²) in [6.07, 6.45) is 1.99. The molecule has 0 rings (SSSR count). The summed E-state index contributed by atoms with van der Waals surface area (Å²) >= 11 is 0. The smallest absolute Gasteiger partial charge is 0.407 e. The number of hydrogen-bond donors (Lipinski definition) is 2. The standard InChI is InChI=1S/C15H30N2O4/c1-7-9-11(17-12(8-2)13(18)20-6)10-16-14(19)21-15(3,4)5/h11-12,17H,7-10H2,1-6H3,(H,16,19). The van der Waals surface area contributed by atoms with E-state index in [0.717, 1.165) is 12.8 Å². The fourth-order valence-corrected chi connectivity index (χ4v) is 1.89. The molecular weight excluding hydrogens is 272 g/mol. The number of amides is 1. The molecule has 2 unspecified atom stereocenters. The molecule has 0 spiro atoms. The van der Waals surface area contributed by atoms with Gasteiger partial charge in [0, 0.05) is 12.6 Å². The van der Waals surface area contributed by atoms with E-state index in [1.165, 1.54) is 7.11 Å². The van der Waals surface area contributed by atoms with Crippen molar-refractivity contribution < 1.29 is 19.1 Å². The topological polar surface area (TPSA) is 76.7 Å². The lowest BCUT2D eigenvalue weighted by molar-refractivity contribution is -0.143. The number of ether oxygens (including phenoxy) is 2.